The number of nitrogens with zero attached hydrogens (tertiary/aromatic N) is 5. The largest absolute Gasteiger partial charge is 0.451 e. The molecule has 0 aliphatic carbocycles. The van der Waals surface area contributed by atoms with Crippen LogP contribution in [0.5, 0.6) is 0 Å². The van der Waals surface area contributed by atoms with Crippen LogP contribution in [-0.4, -0.2) is 32.9 Å². The number of ether oxygens (including phenoxy) is 1. The molecule has 0 atom stereocenters. The van der Waals surface area contributed by atoms with E-state index in [1.807, 2.05) is 19.9 Å². The maximum Gasteiger partial charge on any atom is 0.339 e. The smallest absolute Gasteiger partial charge is 0.339 e. The summed E-state index contributed by atoms with van der Waals surface area (Å²) >= 11 is 0. The van der Waals surface area contributed by atoms with Crippen molar-refractivity contribution in [2.75, 3.05) is 5.32 Å². The number of anilines is 2. The third kappa shape index (κ3) is 5.72. The van der Waals surface area contributed by atoms with E-state index >= 15 is 0 Å². The van der Waals surface area contributed by atoms with E-state index in [4.69, 9.17) is 9.15 Å². The number of esters is 1. The lowest BCUT2D eigenvalue weighted by Crippen LogP contribution is -2.16. The number of carbonyl (C=O) groups excluding carboxylic acids is 1. The molecular formula is C26H32N6O3. The van der Waals surface area contributed by atoms with Crippen molar-refractivity contribution in [1.82, 2.24) is 20.2 Å². The first kappa shape index (κ1) is 24.5. The van der Waals surface area contributed by atoms with Gasteiger partial charge in [-0.25, -0.2) is 14.8 Å². The number of aromatic nitrogens is 4. The number of unbranched alkanes of at least 4 members (excludes halogenated alkanes) is 6. The monoisotopic (exact) mass is 476 g/mol. The first-order valence-corrected chi connectivity index (χ1v) is 12.2. The molecule has 1 aliphatic heterocycles. The van der Waals surface area contributed by atoms with Gasteiger partial charge in [0.15, 0.2) is 5.82 Å². The average Bonchev–Trinajstić information content (AvgIpc) is 3.40. The fraction of sp³-hybridized carbons (Fsp3) is 0.462. The Bertz CT molecular complexity index is 1200. The van der Waals surface area contributed by atoms with E-state index in [2.05, 4.69) is 44.1 Å². The predicted molar refractivity (Wildman–Crippen MR) is 134 cm³/mol. The van der Waals surface area contributed by atoms with Crippen LogP contribution in [0.2, 0.25) is 0 Å². The van der Waals surface area contributed by atoms with Crippen LogP contribution in [0.25, 0.3) is 11.5 Å². The Morgan fingerprint density at radius 1 is 1.06 bits per heavy atom. The van der Waals surface area contributed by atoms with Crippen LogP contribution in [0.3, 0.4) is 0 Å². The number of fused-ring (bicyclic) bond motifs is 1. The zero-order valence-electron chi connectivity index (χ0n) is 20.6. The minimum atomic E-state index is -0.687. The Balaban J connectivity index is 1.41. The number of rotatable bonds is 12. The second-order valence-corrected chi connectivity index (χ2v) is 9.25. The van der Waals surface area contributed by atoms with E-state index in [1.54, 1.807) is 18.3 Å². The highest BCUT2D eigenvalue weighted by atomic mass is 16.6. The van der Waals surface area contributed by atoms with E-state index in [9.17, 15) is 4.79 Å². The number of carbonyl (C=O) groups is 1. The summed E-state index contributed by atoms with van der Waals surface area (Å²) < 4.78 is 11.3. The summed E-state index contributed by atoms with van der Waals surface area (Å²) in [5, 5.41) is 11.5. The summed E-state index contributed by atoms with van der Waals surface area (Å²) in [6.07, 6.45) is 10.9. The van der Waals surface area contributed by atoms with Crippen molar-refractivity contribution in [1.29, 1.82) is 0 Å². The first-order chi connectivity index (χ1) is 16.9. The molecule has 184 valence electrons. The molecule has 0 saturated heterocycles. The third-order valence-electron chi connectivity index (χ3n) is 6.10. The van der Waals surface area contributed by atoms with Gasteiger partial charge in [-0.1, -0.05) is 45.4 Å². The third-order valence-corrected chi connectivity index (χ3v) is 6.10. The zero-order chi connectivity index (χ0) is 24.8. The highest BCUT2D eigenvalue weighted by Crippen LogP contribution is 2.37. The van der Waals surface area contributed by atoms with E-state index in [0.717, 1.165) is 30.5 Å². The van der Waals surface area contributed by atoms with Gasteiger partial charge in [-0.05, 0) is 45.2 Å². The molecular weight excluding hydrogens is 444 g/mol. The quantitative estimate of drug-likeness (QED) is 0.184. The number of hydrogen-bond donors (Lipinski definition) is 1. The van der Waals surface area contributed by atoms with Gasteiger partial charge in [0, 0.05) is 23.9 Å². The van der Waals surface area contributed by atoms with Crippen LogP contribution in [0.1, 0.15) is 87.5 Å². The molecule has 1 aromatic carbocycles. The van der Waals surface area contributed by atoms with Crippen LogP contribution >= 0.6 is 0 Å². The fourth-order valence-corrected chi connectivity index (χ4v) is 4.17. The van der Waals surface area contributed by atoms with Gasteiger partial charge < -0.3 is 14.5 Å². The molecule has 3 aromatic rings. The van der Waals surface area contributed by atoms with Gasteiger partial charge in [0.1, 0.15) is 11.2 Å². The molecule has 2 aromatic heterocycles. The van der Waals surface area contributed by atoms with Crippen molar-refractivity contribution in [2.24, 2.45) is 4.99 Å². The average molecular weight is 477 g/mol. The van der Waals surface area contributed by atoms with Gasteiger partial charge in [-0.3, -0.25) is 0 Å². The maximum absolute atomic E-state index is 12.0. The Hall–Kier alpha value is -3.62. The molecule has 0 spiro atoms. The van der Waals surface area contributed by atoms with E-state index in [1.165, 1.54) is 32.1 Å². The summed E-state index contributed by atoms with van der Waals surface area (Å²) in [5.74, 6) is 1.28. The first-order valence-electron chi connectivity index (χ1n) is 12.2. The molecule has 9 heteroatoms. The Morgan fingerprint density at radius 3 is 2.60 bits per heavy atom. The Kier molecular flexibility index (Phi) is 7.53. The standard InChI is InChI=1S/C26H32N6O3/c1-5-6-7-8-9-10-11-12-21-31-32-23(34-21)19-16-28-25(30-22(19)27-4)29-17-13-14-18-20(15-17)26(2,3)35-24(18)33/h13-16H,4-12H2,1-3H3,(H,28,29,30). The minimum absolute atomic E-state index is 0.318. The lowest BCUT2D eigenvalue weighted by Gasteiger charge is -2.18. The summed E-state index contributed by atoms with van der Waals surface area (Å²) in [4.78, 5) is 24.9. The number of nitrogens with one attached hydrogen (secondary N) is 1. The number of benzene rings is 1. The van der Waals surface area contributed by atoms with Gasteiger partial charge in [-0.15, -0.1) is 10.2 Å². The van der Waals surface area contributed by atoms with Crippen molar-refractivity contribution < 1.29 is 13.9 Å². The number of aliphatic imine (C=N–C) groups is 1. The second-order valence-electron chi connectivity index (χ2n) is 9.25. The maximum atomic E-state index is 12.0. The lowest BCUT2D eigenvalue weighted by atomic mass is 9.95. The van der Waals surface area contributed by atoms with Crippen molar-refractivity contribution in [2.45, 2.75) is 77.7 Å². The van der Waals surface area contributed by atoms with Crippen LogP contribution < -0.4 is 5.32 Å². The Labute approximate surface area is 205 Å². The van der Waals surface area contributed by atoms with Crippen LogP contribution in [-0.2, 0) is 16.8 Å². The van der Waals surface area contributed by atoms with E-state index in [-0.39, 0.29) is 5.97 Å². The van der Waals surface area contributed by atoms with Gasteiger partial charge in [0.2, 0.25) is 11.8 Å². The molecule has 0 saturated carbocycles. The predicted octanol–water partition coefficient (Wildman–Crippen LogP) is 6.30. The van der Waals surface area contributed by atoms with Crippen LogP contribution in [0.4, 0.5) is 17.5 Å². The van der Waals surface area contributed by atoms with Gasteiger partial charge in [0.25, 0.3) is 5.89 Å². The SMILES string of the molecule is C=Nc1nc(Nc2ccc3c(c2)C(C)(C)OC3=O)ncc1-c1nnc(CCCCCCCCC)o1. The van der Waals surface area contributed by atoms with Crippen molar-refractivity contribution in [3.8, 4) is 11.5 Å². The normalized spacial score (nSPS) is 14.0. The molecule has 0 fully saturated rings. The summed E-state index contributed by atoms with van der Waals surface area (Å²) in [5.41, 5.74) is 1.94. The van der Waals surface area contributed by atoms with Gasteiger partial charge in [-0.2, -0.15) is 4.98 Å². The van der Waals surface area contributed by atoms with Crippen molar-refractivity contribution in [3.63, 3.8) is 0 Å². The molecule has 0 radical (unpaired) electrons. The molecule has 9 nitrogen and oxygen atoms in total. The summed E-state index contributed by atoms with van der Waals surface area (Å²) in [7, 11) is 0. The number of hydrogen-bond acceptors (Lipinski definition) is 9. The molecule has 1 aliphatic rings. The second kappa shape index (κ2) is 10.8. The molecule has 1 N–H and O–H groups in total. The molecule has 3 heterocycles. The summed E-state index contributed by atoms with van der Waals surface area (Å²) in [6.45, 7) is 9.57. The molecule has 0 bridgehead atoms. The van der Waals surface area contributed by atoms with E-state index in [0.29, 0.717) is 34.7 Å². The van der Waals surface area contributed by atoms with Crippen molar-refractivity contribution >= 4 is 30.1 Å². The highest BCUT2D eigenvalue weighted by molar-refractivity contribution is 5.95. The van der Waals surface area contributed by atoms with E-state index < -0.39 is 5.60 Å². The number of aryl methyl sites for hydroxylation is 1. The Morgan fingerprint density at radius 2 is 1.83 bits per heavy atom. The molecule has 35 heavy (non-hydrogen) atoms. The van der Waals surface area contributed by atoms with Gasteiger partial charge >= 0.3 is 5.97 Å². The zero-order valence-corrected chi connectivity index (χ0v) is 20.6. The van der Waals surface area contributed by atoms with Crippen LogP contribution in [0, 0.1) is 0 Å². The number of cyclic esters (lactones) is 1. The van der Waals surface area contributed by atoms with Gasteiger partial charge in [0.05, 0.1) is 5.56 Å². The topological polar surface area (TPSA) is 115 Å². The minimum Gasteiger partial charge on any atom is -0.451 e. The fourth-order valence-electron chi connectivity index (χ4n) is 4.17. The van der Waals surface area contributed by atoms with Crippen molar-refractivity contribution in [3.05, 3.63) is 41.4 Å². The lowest BCUT2D eigenvalue weighted by molar-refractivity contribution is 0.00954. The van der Waals surface area contributed by atoms with Crippen LogP contribution in [0.15, 0.2) is 33.8 Å². The highest BCUT2D eigenvalue weighted by Gasteiger charge is 2.37. The molecule has 4 rings (SSSR count). The molecule has 0 amide bonds. The summed E-state index contributed by atoms with van der Waals surface area (Å²) in [6, 6.07) is 5.39. The molecule has 0 unspecified atom stereocenters.